The zero-order valence-corrected chi connectivity index (χ0v) is 16.2. The van der Waals surface area contributed by atoms with Crippen molar-refractivity contribution < 1.29 is 27.5 Å². The molecule has 0 atom stereocenters. The average molecular weight is 392 g/mol. The summed E-state index contributed by atoms with van der Waals surface area (Å²) >= 11 is 0. The lowest BCUT2D eigenvalue weighted by molar-refractivity contribution is 0.0600. The van der Waals surface area contributed by atoms with Gasteiger partial charge in [0.05, 0.1) is 19.8 Å². The molecule has 1 N–H and O–H groups in total. The first-order chi connectivity index (χ1) is 12.7. The van der Waals surface area contributed by atoms with Crippen molar-refractivity contribution in [3.63, 3.8) is 0 Å². The number of methoxy groups -OCH3 is 2. The number of sulfonamides is 1. The standard InChI is InChI=1S/C18H20N2O6S/c1-20(2)27(23,24)16-11-14(9-10-15(16)25-3)19-17(21)12-5-7-13(8-6-12)18(22)26-4/h5-11H,1-4H3,(H,19,21). The third kappa shape index (κ3) is 4.44. The van der Waals surface area contributed by atoms with Crippen LogP contribution in [0.5, 0.6) is 5.75 Å². The third-order valence-corrected chi connectivity index (χ3v) is 5.58. The number of rotatable bonds is 6. The van der Waals surface area contributed by atoms with Crippen molar-refractivity contribution in [1.82, 2.24) is 4.31 Å². The maximum Gasteiger partial charge on any atom is 0.337 e. The third-order valence-electron chi connectivity index (χ3n) is 3.75. The van der Waals surface area contributed by atoms with Crippen LogP contribution >= 0.6 is 0 Å². The summed E-state index contributed by atoms with van der Waals surface area (Å²) < 4.78 is 35.7. The second kappa shape index (κ2) is 8.19. The summed E-state index contributed by atoms with van der Waals surface area (Å²) in [5.41, 5.74) is 0.909. The van der Waals surface area contributed by atoms with Crippen molar-refractivity contribution in [2.24, 2.45) is 0 Å². The molecule has 0 aliphatic rings. The van der Waals surface area contributed by atoms with Crippen LogP contribution in [0.1, 0.15) is 20.7 Å². The zero-order valence-electron chi connectivity index (χ0n) is 15.3. The Labute approximate surface area is 157 Å². The molecule has 2 rings (SSSR count). The lowest BCUT2D eigenvalue weighted by Gasteiger charge is -2.16. The highest BCUT2D eigenvalue weighted by Crippen LogP contribution is 2.29. The number of esters is 1. The Bertz CT molecular complexity index is 952. The van der Waals surface area contributed by atoms with Crippen molar-refractivity contribution >= 4 is 27.6 Å². The lowest BCUT2D eigenvalue weighted by atomic mass is 10.1. The zero-order chi connectivity index (χ0) is 20.2. The molecule has 1 amide bonds. The SMILES string of the molecule is COC(=O)c1ccc(C(=O)Nc2ccc(OC)c(S(=O)(=O)N(C)C)c2)cc1. The molecule has 0 aliphatic carbocycles. The molecule has 0 bridgehead atoms. The number of anilines is 1. The largest absolute Gasteiger partial charge is 0.495 e. The summed E-state index contributed by atoms with van der Waals surface area (Å²) in [4.78, 5) is 23.8. The van der Waals surface area contributed by atoms with Crippen molar-refractivity contribution in [2.45, 2.75) is 4.90 Å². The number of amides is 1. The minimum atomic E-state index is -3.76. The molecule has 0 saturated heterocycles. The summed E-state index contributed by atoms with van der Waals surface area (Å²) in [7, 11) is 1.69. The molecule has 9 heteroatoms. The highest BCUT2D eigenvalue weighted by Gasteiger charge is 2.23. The van der Waals surface area contributed by atoms with Gasteiger partial charge in [0.15, 0.2) is 0 Å². The van der Waals surface area contributed by atoms with Crippen LogP contribution in [0.15, 0.2) is 47.4 Å². The molecule has 0 heterocycles. The lowest BCUT2D eigenvalue weighted by Crippen LogP contribution is -2.23. The summed E-state index contributed by atoms with van der Waals surface area (Å²) in [6, 6.07) is 10.2. The second-order valence-electron chi connectivity index (χ2n) is 5.68. The van der Waals surface area contributed by atoms with Crippen LogP contribution in [0, 0.1) is 0 Å². The van der Waals surface area contributed by atoms with E-state index >= 15 is 0 Å². The van der Waals surface area contributed by atoms with E-state index in [-0.39, 0.29) is 10.6 Å². The van der Waals surface area contributed by atoms with Crippen molar-refractivity contribution in [3.05, 3.63) is 53.6 Å². The highest BCUT2D eigenvalue weighted by molar-refractivity contribution is 7.89. The van der Waals surface area contributed by atoms with Crippen LogP contribution < -0.4 is 10.1 Å². The molecule has 2 aromatic rings. The molecule has 0 aliphatic heterocycles. The number of carbonyl (C=O) groups excluding carboxylic acids is 2. The van der Waals surface area contributed by atoms with Gasteiger partial charge in [0.2, 0.25) is 10.0 Å². The Kier molecular flexibility index (Phi) is 6.19. The molecule has 27 heavy (non-hydrogen) atoms. The molecular weight excluding hydrogens is 372 g/mol. The summed E-state index contributed by atoms with van der Waals surface area (Å²) in [6.07, 6.45) is 0. The van der Waals surface area contributed by atoms with Crippen LogP contribution in [0.2, 0.25) is 0 Å². The number of nitrogens with zero attached hydrogens (tertiary/aromatic N) is 1. The van der Waals surface area contributed by atoms with Crippen molar-refractivity contribution in [3.8, 4) is 5.75 Å². The van der Waals surface area contributed by atoms with Crippen LogP contribution in [-0.4, -0.2) is 52.9 Å². The molecule has 0 saturated carbocycles. The average Bonchev–Trinajstić information content (AvgIpc) is 2.67. The van der Waals surface area contributed by atoms with E-state index in [0.717, 1.165) is 4.31 Å². The minimum Gasteiger partial charge on any atom is -0.495 e. The molecular formula is C18H20N2O6S. The Hall–Kier alpha value is -2.91. The first kappa shape index (κ1) is 20.4. The predicted molar refractivity (Wildman–Crippen MR) is 99.6 cm³/mol. The molecule has 0 aromatic heterocycles. The van der Waals surface area contributed by atoms with Crippen molar-refractivity contribution in [1.29, 1.82) is 0 Å². The Morgan fingerprint density at radius 3 is 2.07 bits per heavy atom. The van der Waals surface area contributed by atoms with E-state index in [1.807, 2.05) is 0 Å². The van der Waals surface area contributed by atoms with Gasteiger partial charge in [0, 0.05) is 25.3 Å². The van der Waals surface area contributed by atoms with E-state index in [9.17, 15) is 18.0 Å². The van der Waals surface area contributed by atoms with Gasteiger partial charge in [-0.3, -0.25) is 4.79 Å². The fourth-order valence-electron chi connectivity index (χ4n) is 2.23. The van der Waals surface area contributed by atoms with Gasteiger partial charge in [-0.25, -0.2) is 17.5 Å². The molecule has 8 nitrogen and oxygen atoms in total. The summed E-state index contributed by atoms with van der Waals surface area (Å²) in [5, 5.41) is 2.63. The predicted octanol–water partition coefficient (Wildman–Crippen LogP) is 1.98. The van der Waals surface area contributed by atoms with Gasteiger partial charge < -0.3 is 14.8 Å². The van der Waals surface area contributed by atoms with Crippen molar-refractivity contribution in [2.75, 3.05) is 33.6 Å². The van der Waals surface area contributed by atoms with Gasteiger partial charge >= 0.3 is 5.97 Å². The van der Waals surface area contributed by atoms with Gasteiger partial charge in [-0.1, -0.05) is 0 Å². The summed E-state index contributed by atoms with van der Waals surface area (Å²) in [6.45, 7) is 0. The Balaban J connectivity index is 2.29. The van der Waals surface area contributed by atoms with Gasteiger partial charge in [-0.15, -0.1) is 0 Å². The van der Waals surface area contributed by atoms with Crippen LogP contribution in [-0.2, 0) is 14.8 Å². The first-order valence-electron chi connectivity index (χ1n) is 7.81. The number of ether oxygens (including phenoxy) is 2. The maximum absolute atomic E-state index is 12.4. The van der Waals surface area contributed by atoms with E-state index in [1.54, 1.807) is 0 Å². The molecule has 0 unspecified atom stereocenters. The van der Waals surface area contributed by atoms with E-state index in [2.05, 4.69) is 10.1 Å². The smallest absolute Gasteiger partial charge is 0.337 e. The maximum atomic E-state index is 12.4. The topological polar surface area (TPSA) is 102 Å². The van der Waals surface area contributed by atoms with E-state index in [0.29, 0.717) is 16.8 Å². The first-order valence-corrected chi connectivity index (χ1v) is 9.25. The van der Waals surface area contributed by atoms with Gasteiger partial charge in [0.25, 0.3) is 5.91 Å². The number of hydrogen-bond donors (Lipinski definition) is 1. The molecule has 2 aromatic carbocycles. The van der Waals surface area contributed by atoms with Gasteiger partial charge in [-0.2, -0.15) is 0 Å². The number of benzene rings is 2. The van der Waals surface area contributed by atoms with Gasteiger partial charge in [0.1, 0.15) is 10.6 Å². The number of carbonyl (C=O) groups is 2. The van der Waals surface area contributed by atoms with Gasteiger partial charge in [-0.05, 0) is 42.5 Å². The second-order valence-corrected chi connectivity index (χ2v) is 7.80. The quantitative estimate of drug-likeness (QED) is 0.755. The normalized spacial score (nSPS) is 11.1. The number of nitrogens with one attached hydrogen (secondary N) is 1. The van der Waals surface area contributed by atoms with Crippen LogP contribution in [0.25, 0.3) is 0 Å². The molecule has 0 fully saturated rings. The molecule has 144 valence electrons. The van der Waals surface area contributed by atoms with E-state index in [1.165, 1.54) is 70.8 Å². The number of hydrogen-bond acceptors (Lipinski definition) is 6. The monoisotopic (exact) mass is 392 g/mol. The summed E-state index contributed by atoms with van der Waals surface area (Å²) in [5.74, 6) is -0.787. The molecule has 0 spiro atoms. The Morgan fingerprint density at radius 1 is 0.963 bits per heavy atom. The van der Waals surface area contributed by atoms with Crippen LogP contribution in [0.4, 0.5) is 5.69 Å². The molecule has 0 radical (unpaired) electrons. The highest BCUT2D eigenvalue weighted by atomic mass is 32.2. The fourth-order valence-corrected chi connectivity index (χ4v) is 3.31. The minimum absolute atomic E-state index is 0.0613. The van der Waals surface area contributed by atoms with E-state index < -0.39 is 21.9 Å². The van der Waals surface area contributed by atoms with E-state index in [4.69, 9.17) is 4.74 Å². The van der Waals surface area contributed by atoms with Crippen LogP contribution in [0.3, 0.4) is 0 Å². The Morgan fingerprint density at radius 2 is 1.56 bits per heavy atom. The fraction of sp³-hybridized carbons (Fsp3) is 0.222.